The first-order chi connectivity index (χ1) is 15.2. The maximum Gasteiger partial charge on any atom is 0.145 e. The maximum atomic E-state index is 4.84. The van der Waals surface area contributed by atoms with Crippen molar-refractivity contribution < 1.29 is 0 Å². The molecule has 0 radical (unpaired) electrons. The summed E-state index contributed by atoms with van der Waals surface area (Å²) in [5.41, 5.74) is 5.78. The fourth-order valence-corrected chi connectivity index (χ4v) is 5.32. The summed E-state index contributed by atoms with van der Waals surface area (Å²) in [4.78, 5) is 10.7. The number of pyridine rings is 1. The van der Waals surface area contributed by atoms with Crippen molar-refractivity contribution in [2.24, 2.45) is 0 Å². The summed E-state index contributed by atoms with van der Waals surface area (Å²) in [5.74, 6) is 1.42. The van der Waals surface area contributed by atoms with Crippen LogP contribution < -0.4 is 0 Å². The van der Waals surface area contributed by atoms with Gasteiger partial charge in [-0.3, -0.25) is 9.38 Å². The van der Waals surface area contributed by atoms with Gasteiger partial charge >= 0.3 is 0 Å². The molecule has 3 aromatic carbocycles. The van der Waals surface area contributed by atoms with Gasteiger partial charge in [-0.05, 0) is 40.5 Å². The predicted octanol–water partition coefficient (Wildman–Crippen LogP) is 7.55. The van der Waals surface area contributed by atoms with Crippen LogP contribution in [0.2, 0.25) is 0 Å². The molecule has 0 atom stereocenters. The van der Waals surface area contributed by atoms with E-state index in [4.69, 9.17) is 9.97 Å². The van der Waals surface area contributed by atoms with Crippen LogP contribution in [0.5, 0.6) is 0 Å². The van der Waals surface area contributed by atoms with Gasteiger partial charge in [0.15, 0.2) is 0 Å². The van der Waals surface area contributed by atoms with E-state index in [1.807, 2.05) is 18.5 Å². The second kappa shape index (κ2) is 7.03. The Kier molecular flexibility index (Phi) is 4.15. The van der Waals surface area contributed by atoms with Crippen LogP contribution in [0.4, 0.5) is 0 Å². The molecule has 3 aromatic heterocycles. The van der Waals surface area contributed by atoms with E-state index in [0.717, 1.165) is 33.0 Å². The molecule has 6 rings (SSSR count). The Morgan fingerprint density at radius 3 is 2.45 bits per heavy atom. The molecule has 4 heteroatoms. The molecule has 3 nitrogen and oxygen atoms in total. The number of thiazole rings is 1. The molecule has 0 amide bonds. The standard InChI is InChI=1S/C27H21N3S/c1-17(2)22-13-20(12-19-10-6-7-11-21(19)22)23-14-24-25(15-28-23)31-26-16-29-27(30(24)26)18-8-4-3-5-9-18/h3-17H,1-2H3. The highest BCUT2D eigenvalue weighted by Gasteiger charge is 2.15. The van der Waals surface area contributed by atoms with E-state index < -0.39 is 0 Å². The average molecular weight is 420 g/mol. The molecule has 0 aliphatic carbocycles. The smallest absolute Gasteiger partial charge is 0.145 e. The summed E-state index contributed by atoms with van der Waals surface area (Å²) in [5, 5.41) is 2.58. The number of aromatic nitrogens is 3. The maximum absolute atomic E-state index is 4.84. The summed E-state index contributed by atoms with van der Waals surface area (Å²) in [7, 11) is 0. The van der Waals surface area contributed by atoms with E-state index in [9.17, 15) is 0 Å². The monoisotopic (exact) mass is 419 g/mol. The van der Waals surface area contributed by atoms with Gasteiger partial charge in [-0.1, -0.05) is 68.4 Å². The first kappa shape index (κ1) is 18.3. The van der Waals surface area contributed by atoms with E-state index in [1.165, 1.54) is 21.0 Å². The highest BCUT2D eigenvalue weighted by Crippen LogP contribution is 2.35. The molecule has 6 aromatic rings. The summed E-state index contributed by atoms with van der Waals surface area (Å²) in [6, 6.07) is 25.8. The summed E-state index contributed by atoms with van der Waals surface area (Å²) in [6.45, 7) is 4.50. The number of hydrogen-bond acceptors (Lipinski definition) is 3. The number of fused-ring (bicyclic) bond motifs is 4. The Morgan fingerprint density at radius 2 is 1.61 bits per heavy atom. The fraction of sp³-hybridized carbons (Fsp3) is 0.111. The molecule has 0 saturated carbocycles. The highest BCUT2D eigenvalue weighted by molar-refractivity contribution is 7.23. The third-order valence-electron chi connectivity index (χ3n) is 5.88. The van der Waals surface area contributed by atoms with Gasteiger partial charge in [0.05, 0.1) is 22.1 Å². The number of imidazole rings is 1. The van der Waals surface area contributed by atoms with Crippen molar-refractivity contribution in [3.05, 3.63) is 90.8 Å². The Hall–Kier alpha value is -3.50. The van der Waals surface area contributed by atoms with Gasteiger partial charge in [0.1, 0.15) is 10.7 Å². The van der Waals surface area contributed by atoms with Crippen LogP contribution in [0.1, 0.15) is 25.3 Å². The molecule has 31 heavy (non-hydrogen) atoms. The van der Waals surface area contributed by atoms with Crippen molar-refractivity contribution in [3.63, 3.8) is 0 Å². The molecule has 0 spiro atoms. The minimum Gasteiger partial charge on any atom is -0.283 e. The fourth-order valence-electron chi connectivity index (χ4n) is 4.35. The lowest BCUT2D eigenvalue weighted by atomic mass is 9.92. The van der Waals surface area contributed by atoms with Crippen LogP contribution >= 0.6 is 11.3 Å². The molecule has 150 valence electrons. The molecule has 3 heterocycles. The number of rotatable bonds is 3. The lowest BCUT2D eigenvalue weighted by Crippen LogP contribution is -1.93. The van der Waals surface area contributed by atoms with Crippen LogP contribution in [0.15, 0.2) is 85.2 Å². The molecule has 0 saturated heterocycles. The van der Waals surface area contributed by atoms with Crippen molar-refractivity contribution in [1.29, 1.82) is 0 Å². The zero-order valence-corrected chi connectivity index (χ0v) is 18.2. The molecule has 0 unspecified atom stereocenters. The van der Waals surface area contributed by atoms with Gasteiger partial charge in [-0.15, -0.1) is 11.3 Å². The van der Waals surface area contributed by atoms with E-state index in [2.05, 4.69) is 85.0 Å². The molecule has 0 fully saturated rings. The minimum atomic E-state index is 0.444. The Labute approximate surface area is 184 Å². The Bertz CT molecular complexity index is 1560. The van der Waals surface area contributed by atoms with Crippen molar-refractivity contribution in [2.75, 3.05) is 0 Å². The summed E-state index contributed by atoms with van der Waals surface area (Å²) >= 11 is 1.73. The van der Waals surface area contributed by atoms with Crippen LogP contribution in [-0.4, -0.2) is 14.4 Å². The number of benzene rings is 3. The molecule has 0 aliphatic rings. The van der Waals surface area contributed by atoms with E-state index in [-0.39, 0.29) is 0 Å². The summed E-state index contributed by atoms with van der Waals surface area (Å²) < 4.78 is 3.42. The molecule has 0 bridgehead atoms. The molecular formula is C27H21N3S. The van der Waals surface area contributed by atoms with Gasteiger partial charge in [0.2, 0.25) is 0 Å². The van der Waals surface area contributed by atoms with Crippen molar-refractivity contribution in [3.8, 4) is 22.6 Å². The van der Waals surface area contributed by atoms with Gasteiger partial charge < -0.3 is 0 Å². The lowest BCUT2D eigenvalue weighted by molar-refractivity contribution is 0.876. The lowest BCUT2D eigenvalue weighted by Gasteiger charge is -2.13. The SMILES string of the molecule is CC(C)c1cc(-c2cc3c(cn2)sc2cnc(-c4ccccc4)n23)cc2ccccc12. The third-order valence-corrected chi connectivity index (χ3v) is 6.91. The third kappa shape index (κ3) is 2.94. The van der Waals surface area contributed by atoms with E-state index >= 15 is 0 Å². The van der Waals surface area contributed by atoms with E-state index in [1.54, 1.807) is 11.3 Å². The van der Waals surface area contributed by atoms with E-state index in [0.29, 0.717) is 5.92 Å². The zero-order chi connectivity index (χ0) is 20.9. The number of hydrogen-bond donors (Lipinski definition) is 0. The van der Waals surface area contributed by atoms with Gasteiger partial charge in [-0.2, -0.15) is 0 Å². The van der Waals surface area contributed by atoms with Crippen LogP contribution in [-0.2, 0) is 0 Å². The largest absolute Gasteiger partial charge is 0.283 e. The second-order valence-electron chi connectivity index (χ2n) is 8.20. The highest BCUT2D eigenvalue weighted by atomic mass is 32.1. The quantitative estimate of drug-likeness (QED) is 0.296. The van der Waals surface area contributed by atoms with Crippen LogP contribution in [0.3, 0.4) is 0 Å². The molecule has 0 N–H and O–H groups in total. The predicted molar refractivity (Wildman–Crippen MR) is 131 cm³/mol. The summed E-state index contributed by atoms with van der Waals surface area (Å²) in [6.07, 6.45) is 3.96. The average Bonchev–Trinajstić information content (AvgIpc) is 3.38. The Balaban J connectivity index is 1.59. The first-order valence-corrected chi connectivity index (χ1v) is 11.3. The van der Waals surface area contributed by atoms with Crippen LogP contribution in [0.25, 0.3) is 48.5 Å². The van der Waals surface area contributed by atoms with Gasteiger partial charge in [0.25, 0.3) is 0 Å². The van der Waals surface area contributed by atoms with Gasteiger partial charge in [-0.25, -0.2) is 4.98 Å². The van der Waals surface area contributed by atoms with Crippen molar-refractivity contribution in [1.82, 2.24) is 14.4 Å². The van der Waals surface area contributed by atoms with Crippen LogP contribution in [0, 0.1) is 0 Å². The Morgan fingerprint density at radius 1 is 0.806 bits per heavy atom. The van der Waals surface area contributed by atoms with Crippen molar-refractivity contribution in [2.45, 2.75) is 19.8 Å². The molecule has 0 aliphatic heterocycles. The topological polar surface area (TPSA) is 30.2 Å². The number of nitrogens with zero attached hydrogens (tertiary/aromatic N) is 3. The normalized spacial score (nSPS) is 11.8. The first-order valence-electron chi connectivity index (χ1n) is 10.5. The molecular weight excluding hydrogens is 398 g/mol. The minimum absolute atomic E-state index is 0.444. The zero-order valence-electron chi connectivity index (χ0n) is 17.4. The second-order valence-corrected chi connectivity index (χ2v) is 9.26. The van der Waals surface area contributed by atoms with Gasteiger partial charge in [0, 0.05) is 17.3 Å². The van der Waals surface area contributed by atoms with Crippen molar-refractivity contribution >= 4 is 37.2 Å².